The molecule has 1 amide bonds. The van der Waals surface area contributed by atoms with Crippen LogP contribution in [0.4, 0.5) is 5.69 Å². The monoisotopic (exact) mass is 327 g/mol. The van der Waals surface area contributed by atoms with Gasteiger partial charge in [-0.15, -0.1) is 0 Å². The molecule has 0 fully saturated rings. The van der Waals surface area contributed by atoms with E-state index in [1.165, 1.54) is 12.1 Å². The van der Waals surface area contributed by atoms with Crippen LogP contribution in [0.1, 0.15) is 37.6 Å². The first-order valence-corrected chi connectivity index (χ1v) is 8.22. The fourth-order valence-corrected chi connectivity index (χ4v) is 3.21. The number of amides is 1. The number of non-ortho nitro benzene ring substituents is 1. The van der Waals surface area contributed by atoms with Gasteiger partial charge in [0.1, 0.15) is 0 Å². The summed E-state index contributed by atoms with van der Waals surface area (Å²) in [6.07, 6.45) is 2.81. The third-order valence-corrected chi connectivity index (χ3v) is 4.77. The van der Waals surface area contributed by atoms with Gasteiger partial charge in [-0.1, -0.05) is 13.8 Å². The molecule has 0 aliphatic carbocycles. The minimum absolute atomic E-state index is 0.0351. The van der Waals surface area contributed by atoms with Crippen LogP contribution >= 0.6 is 0 Å². The maximum atomic E-state index is 12.8. The molecule has 1 aromatic heterocycles. The number of aromatic nitrogens is 1. The van der Waals surface area contributed by atoms with Crippen molar-refractivity contribution in [3.05, 3.63) is 64.0 Å². The minimum atomic E-state index is -0.407. The summed E-state index contributed by atoms with van der Waals surface area (Å²) in [6, 6.07) is 10.3. The first-order valence-electron chi connectivity index (χ1n) is 8.22. The van der Waals surface area contributed by atoms with Crippen LogP contribution in [-0.2, 0) is 11.3 Å². The maximum absolute atomic E-state index is 12.8. The summed E-state index contributed by atoms with van der Waals surface area (Å²) < 4.78 is 2.15. The molecule has 0 N–H and O–H groups in total. The van der Waals surface area contributed by atoms with Gasteiger partial charge in [-0.05, 0) is 36.2 Å². The average Bonchev–Trinajstić information content (AvgIpc) is 3.08. The highest BCUT2D eigenvalue weighted by molar-refractivity contribution is 5.79. The zero-order chi connectivity index (χ0) is 17.3. The van der Waals surface area contributed by atoms with Crippen molar-refractivity contribution in [2.75, 3.05) is 6.54 Å². The Labute approximate surface area is 140 Å². The van der Waals surface area contributed by atoms with Gasteiger partial charge in [-0.3, -0.25) is 14.9 Å². The van der Waals surface area contributed by atoms with Crippen molar-refractivity contribution in [3.8, 4) is 0 Å². The van der Waals surface area contributed by atoms with Crippen LogP contribution in [0, 0.1) is 16.0 Å². The molecule has 0 spiro atoms. The normalized spacial score (nSPS) is 18.1. The fourth-order valence-electron chi connectivity index (χ4n) is 3.21. The van der Waals surface area contributed by atoms with E-state index in [1.54, 1.807) is 12.1 Å². The molecule has 1 aromatic carbocycles. The Balaban J connectivity index is 2.01. The van der Waals surface area contributed by atoms with Crippen LogP contribution in [0.15, 0.2) is 42.6 Å². The number of fused-ring (bicyclic) bond motifs is 1. The molecule has 6 nitrogen and oxygen atoms in total. The zero-order valence-electron chi connectivity index (χ0n) is 13.9. The minimum Gasteiger partial charge on any atom is -0.348 e. The number of carbonyl (C=O) groups excluding carboxylic acids is 1. The number of carbonyl (C=O) groups is 1. The van der Waals surface area contributed by atoms with Gasteiger partial charge in [-0.2, -0.15) is 0 Å². The smallest absolute Gasteiger partial charge is 0.269 e. The second-order valence-electron chi connectivity index (χ2n) is 6.22. The number of rotatable bonds is 4. The Hall–Kier alpha value is -2.63. The lowest BCUT2D eigenvalue weighted by molar-refractivity contribution is -0.384. The quantitative estimate of drug-likeness (QED) is 0.638. The van der Waals surface area contributed by atoms with Gasteiger partial charge in [0.2, 0.25) is 5.91 Å². The van der Waals surface area contributed by atoms with Crippen molar-refractivity contribution in [2.24, 2.45) is 5.92 Å². The highest BCUT2D eigenvalue weighted by Crippen LogP contribution is 2.34. The lowest BCUT2D eigenvalue weighted by Crippen LogP contribution is -2.44. The van der Waals surface area contributed by atoms with E-state index in [0.29, 0.717) is 6.54 Å². The Morgan fingerprint density at radius 2 is 2.00 bits per heavy atom. The molecule has 6 heteroatoms. The topological polar surface area (TPSA) is 68.4 Å². The molecule has 0 bridgehead atoms. The van der Waals surface area contributed by atoms with Crippen LogP contribution in [-0.4, -0.2) is 26.8 Å². The van der Waals surface area contributed by atoms with Gasteiger partial charge in [0, 0.05) is 43.0 Å². The van der Waals surface area contributed by atoms with Crippen LogP contribution in [0.5, 0.6) is 0 Å². The van der Waals surface area contributed by atoms with Crippen LogP contribution in [0.25, 0.3) is 0 Å². The molecule has 1 aliphatic rings. The molecule has 126 valence electrons. The molecule has 3 rings (SSSR count). The van der Waals surface area contributed by atoms with Crippen molar-refractivity contribution in [1.82, 2.24) is 9.47 Å². The van der Waals surface area contributed by atoms with Crippen molar-refractivity contribution in [1.29, 1.82) is 0 Å². The molecule has 0 radical (unpaired) electrons. The van der Waals surface area contributed by atoms with Crippen LogP contribution in [0.2, 0.25) is 0 Å². The van der Waals surface area contributed by atoms with E-state index < -0.39 is 4.92 Å². The van der Waals surface area contributed by atoms with Crippen molar-refractivity contribution >= 4 is 11.6 Å². The highest BCUT2D eigenvalue weighted by Gasteiger charge is 2.33. The van der Waals surface area contributed by atoms with E-state index in [-0.39, 0.29) is 23.6 Å². The summed E-state index contributed by atoms with van der Waals surface area (Å²) in [5.74, 6) is 0.0976. The molecule has 2 heterocycles. The van der Waals surface area contributed by atoms with E-state index in [4.69, 9.17) is 0 Å². The van der Waals surface area contributed by atoms with Crippen LogP contribution < -0.4 is 0 Å². The van der Waals surface area contributed by atoms with Gasteiger partial charge >= 0.3 is 0 Å². The summed E-state index contributed by atoms with van der Waals surface area (Å²) in [4.78, 5) is 25.2. The summed E-state index contributed by atoms with van der Waals surface area (Å²) in [5, 5.41) is 10.9. The number of nitro benzene ring substituents is 1. The van der Waals surface area contributed by atoms with E-state index in [1.807, 2.05) is 37.1 Å². The fraction of sp³-hybridized carbons (Fsp3) is 0.389. The predicted octanol–water partition coefficient (Wildman–Crippen LogP) is 3.37. The summed E-state index contributed by atoms with van der Waals surface area (Å²) in [5.41, 5.74) is 2.01. The maximum Gasteiger partial charge on any atom is 0.269 e. The third-order valence-electron chi connectivity index (χ3n) is 4.77. The van der Waals surface area contributed by atoms with Crippen LogP contribution in [0.3, 0.4) is 0 Å². The number of hydrogen-bond donors (Lipinski definition) is 0. The largest absolute Gasteiger partial charge is 0.348 e. The second-order valence-corrected chi connectivity index (χ2v) is 6.22. The Kier molecular flexibility index (Phi) is 4.38. The van der Waals surface area contributed by atoms with E-state index >= 15 is 0 Å². The average molecular weight is 327 g/mol. The molecule has 0 saturated carbocycles. The number of nitrogens with zero attached hydrogens (tertiary/aromatic N) is 3. The molecule has 1 aliphatic heterocycles. The molecule has 0 saturated heterocycles. The first-order chi connectivity index (χ1) is 11.5. The molecule has 2 atom stereocenters. The molecular weight excluding hydrogens is 306 g/mol. The Bertz CT molecular complexity index is 751. The van der Waals surface area contributed by atoms with E-state index in [2.05, 4.69) is 4.57 Å². The Morgan fingerprint density at radius 1 is 1.29 bits per heavy atom. The van der Waals surface area contributed by atoms with E-state index in [0.717, 1.165) is 24.2 Å². The molecule has 24 heavy (non-hydrogen) atoms. The summed E-state index contributed by atoms with van der Waals surface area (Å²) >= 11 is 0. The molecule has 2 unspecified atom stereocenters. The van der Waals surface area contributed by atoms with Gasteiger partial charge in [0.15, 0.2) is 0 Å². The highest BCUT2D eigenvalue weighted by atomic mass is 16.6. The lowest BCUT2D eigenvalue weighted by Gasteiger charge is -2.38. The lowest BCUT2D eigenvalue weighted by atomic mass is 9.97. The third kappa shape index (κ3) is 2.79. The summed E-state index contributed by atoms with van der Waals surface area (Å²) in [6.45, 7) is 5.37. The van der Waals surface area contributed by atoms with Crippen molar-refractivity contribution in [3.63, 3.8) is 0 Å². The van der Waals surface area contributed by atoms with Gasteiger partial charge < -0.3 is 9.47 Å². The number of nitro groups is 1. The second kappa shape index (κ2) is 6.47. The standard InChI is InChI=1S/C18H21N3O3/c1-3-13(2)18(22)20-12-11-19-10-4-5-16(19)17(20)14-6-8-15(9-7-14)21(23)24/h4-10,13,17H,3,11-12H2,1-2H3. The summed E-state index contributed by atoms with van der Waals surface area (Å²) in [7, 11) is 0. The van der Waals surface area contributed by atoms with Crippen molar-refractivity contribution in [2.45, 2.75) is 32.9 Å². The zero-order valence-corrected chi connectivity index (χ0v) is 13.9. The SMILES string of the molecule is CCC(C)C(=O)N1CCn2cccc2C1c1ccc([N+](=O)[O-])cc1. The molecular formula is C18H21N3O3. The van der Waals surface area contributed by atoms with Gasteiger partial charge in [0.25, 0.3) is 5.69 Å². The van der Waals surface area contributed by atoms with Gasteiger partial charge in [-0.25, -0.2) is 0 Å². The number of hydrogen-bond acceptors (Lipinski definition) is 3. The first kappa shape index (κ1) is 16.2. The van der Waals surface area contributed by atoms with E-state index in [9.17, 15) is 14.9 Å². The number of benzene rings is 1. The van der Waals surface area contributed by atoms with Crippen molar-refractivity contribution < 1.29 is 9.72 Å². The van der Waals surface area contributed by atoms with Gasteiger partial charge in [0.05, 0.1) is 11.0 Å². The Morgan fingerprint density at radius 3 is 2.62 bits per heavy atom. The predicted molar refractivity (Wildman–Crippen MR) is 90.5 cm³/mol. The molecule has 2 aromatic rings.